The van der Waals surface area contributed by atoms with E-state index in [4.69, 9.17) is 11.0 Å². The molecule has 1 amide bonds. The van der Waals surface area contributed by atoms with Crippen molar-refractivity contribution in [2.45, 2.75) is 0 Å². The Morgan fingerprint density at radius 2 is 2.36 bits per heavy atom. The second kappa shape index (κ2) is 6.99. The molecule has 0 aliphatic carbocycles. The number of nitrogens with one attached hydrogen (secondary N) is 2. The molecule has 5 nitrogen and oxygen atoms in total. The van der Waals surface area contributed by atoms with Gasteiger partial charge in [-0.05, 0) is 0 Å². The van der Waals surface area contributed by atoms with Gasteiger partial charge in [-0.3, -0.25) is 4.79 Å². The summed E-state index contributed by atoms with van der Waals surface area (Å²) in [6.45, 7) is 1.40. The highest BCUT2D eigenvalue weighted by Gasteiger charge is 1.96. The molecule has 0 aliphatic rings. The van der Waals surface area contributed by atoms with Crippen LogP contribution in [-0.2, 0) is 4.79 Å². The highest BCUT2D eigenvalue weighted by Crippen LogP contribution is 1.62. The van der Waals surface area contributed by atoms with Crippen molar-refractivity contribution in [3.8, 4) is 6.07 Å². The molecule has 5 heteroatoms. The average molecular weight is 156 g/mol. The molecule has 0 saturated carbocycles. The fourth-order valence-electron chi connectivity index (χ4n) is 0.505. The van der Waals surface area contributed by atoms with Crippen molar-refractivity contribution in [1.82, 2.24) is 10.6 Å². The van der Waals surface area contributed by atoms with Crippen molar-refractivity contribution >= 4 is 5.91 Å². The Balaban J connectivity index is 3.17. The van der Waals surface area contributed by atoms with Gasteiger partial charge >= 0.3 is 0 Å². The molecule has 4 N–H and O–H groups in total. The molecule has 0 aliphatic heterocycles. The van der Waals surface area contributed by atoms with Gasteiger partial charge in [0.15, 0.2) is 0 Å². The lowest BCUT2D eigenvalue weighted by molar-refractivity contribution is -0.119. The normalized spacial score (nSPS) is 8.73. The maximum Gasteiger partial charge on any atom is 0.234 e. The molecule has 0 aromatic heterocycles. The van der Waals surface area contributed by atoms with Gasteiger partial charge in [0.25, 0.3) is 0 Å². The number of carbonyl (C=O) groups is 1. The van der Waals surface area contributed by atoms with Crippen LogP contribution >= 0.6 is 0 Å². The van der Waals surface area contributed by atoms with Crippen molar-refractivity contribution in [2.75, 3.05) is 26.2 Å². The van der Waals surface area contributed by atoms with E-state index in [0.29, 0.717) is 13.1 Å². The van der Waals surface area contributed by atoms with Gasteiger partial charge < -0.3 is 16.4 Å². The van der Waals surface area contributed by atoms with Crippen LogP contribution in [-0.4, -0.2) is 32.1 Å². The number of carbonyl (C=O) groups excluding carboxylic acids is 1. The zero-order valence-corrected chi connectivity index (χ0v) is 6.26. The van der Waals surface area contributed by atoms with Crippen molar-refractivity contribution in [1.29, 1.82) is 5.26 Å². The van der Waals surface area contributed by atoms with Gasteiger partial charge in [-0.25, -0.2) is 0 Å². The van der Waals surface area contributed by atoms with E-state index in [-0.39, 0.29) is 19.0 Å². The monoisotopic (exact) mass is 156 g/mol. The first kappa shape index (κ1) is 9.88. The fraction of sp³-hybridized carbons (Fsp3) is 0.667. The molecule has 0 rings (SSSR count). The van der Waals surface area contributed by atoms with Crippen molar-refractivity contribution < 1.29 is 4.79 Å². The molecule has 0 radical (unpaired) electrons. The van der Waals surface area contributed by atoms with Crippen molar-refractivity contribution in [2.24, 2.45) is 5.73 Å². The minimum Gasteiger partial charge on any atom is -0.342 e. The Hall–Kier alpha value is -1.12. The Bertz CT molecular complexity index is 151. The quantitative estimate of drug-likeness (QED) is 0.323. The number of hydrogen-bond donors (Lipinski definition) is 3. The first-order valence-corrected chi connectivity index (χ1v) is 3.35. The third-order valence-corrected chi connectivity index (χ3v) is 0.971. The average Bonchev–Trinajstić information content (AvgIpc) is 2.01. The molecular formula is C6H12N4O. The predicted molar refractivity (Wildman–Crippen MR) is 40.5 cm³/mol. The molecule has 0 spiro atoms. The number of nitriles is 1. The molecule has 0 saturated heterocycles. The predicted octanol–water partition coefficient (Wildman–Crippen LogP) is -1.83. The molecule has 0 fully saturated rings. The van der Waals surface area contributed by atoms with Crippen molar-refractivity contribution in [3.63, 3.8) is 0 Å². The molecule has 0 bridgehead atoms. The zero-order valence-electron chi connectivity index (χ0n) is 6.26. The SMILES string of the molecule is N#CCNC(=O)CNCCN. The van der Waals surface area contributed by atoms with Crippen LogP contribution in [0.25, 0.3) is 0 Å². The third kappa shape index (κ3) is 6.77. The second-order valence-electron chi connectivity index (χ2n) is 1.90. The number of hydrogen-bond acceptors (Lipinski definition) is 4. The van der Waals surface area contributed by atoms with E-state index in [0.717, 1.165) is 0 Å². The van der Waals surface area contributed by atoms with E-state index in [1.54, 1.807) is 6.07 Å². The molecule has 0 aromatic carbocycles. The molecule has 0 atom stereocenters. The van der Waals surface area contributed by atoms with Gasteiger partial charge in [-0.2, -0.15) is 5.26 Å². The molecule has 0 aromatic rings. The van der Waals surface area contributed by atoms with Crippen molar-refractivity contribution in [3.05, 3.63) is 0 Å². The number of nitrogens with two attached hydrogens (primary N) is 1. The number of rotatable bonds is 5. The summed E-state index contributed by atoms with van der Waals surface area (Å²) in [5.74, 6) is -0.181. The summed E-state index contributed by atoms with van der Waals surface area (Å²) in [4.78, 5) is 10.7. The van der Waals surface area contributed by atoms with E-state index in [2.05, 4.69) is 10.6 Å². The van der Waals surface area contributed by atoms with Crippen LogP contribution in [0.1, 0.15) is 0 Å². The van der Waals surface area contributed by atoms with Gasteiger partial charge in [0.2, 0.25) is 5.91 Å². The maximum atomic E-state index is 10.7. The highest BCUT2D eigenvalue weighted by atomic mass is 16.1. The topological polar surface area (TPSA) is 90.9 Å². The van der Waals surface area contributed by atoms with Crippen LogP contribution in [0.2, 0.25) is 0 Å². The first-order valence-electron chi connectivity index (χ1n) is 3.35. The van der Waals surface area contributed by atoms with E-state index in [1.807, 2.05) is 0 Å². The van der Waals surface area contributed by atoms with E-state index in [1.165, 1.54) is 0 Å². The van der Waals surface area contributed by atoms with Gasteiger partial charge in [0, 0.05) is 13.1 Å². The Kier molecular flexibility index (Phi) is 6.28. The summed E-state index contributed by atoms with van der Waals surface area (Å²) in [5.41, 5.74) is 5.17. The van der Waals surface area contributed by atoms with Crippen LogP contribution in [0.15, 0.2) is 0 Å². The van der Waals surface area contributed by atoms with E-state index < -0.39 is 0 Å². The van der Waals surface area contributed by atoms with E-state index in [9.17, 15) is 4.79 Å². The van der Waals surface area contributed by atoms with Gasteiger partial charge in [0.05, 0.1) is 12.6 Å². The lowest BCUT2D eigenvalue weighted by atomic mass is 10.5. The standard InChI is InChI=1S/C6H12N4O/c7-1-3-9-5-6(11)10-4-2-8/h9H,1,3-5,7H2,(H,10,11). The smallest absolute Gasteiger partial charge is 0.234 e. The third-order valence-electron chi connectivity index (χ3n) is 0.971. The Labute approximate surface area is 65.6 Å². The molecule has 11 heavy (non-hydrogen) atoms. The molecule has 0 unspecified atom stereocenters. The molecular weight excluding hydrogens is 144 g/mol. The summed E-state index contributed by atoms with van der Waals surface area (Å²) in [6, 6.07) is 1.80. The summed E-state index contributed by atoms with van der Waals surface area (Å²) < 4.78 is 0. The van der Waals surface area contributed by atoms with E-state index >= 15 is 0 Å². The lowest BCUT2D eigenvalue weighted by Gasteiger charge is -2.01. The van der Waals surface area contributed by atoms with Gasteiger partial charge in [-0.1, -0.05) is 0 Å². The largest absolute Gasteiger partial charge is 0.342 e. The number of amides is 1. The van der Waals surface area contributed by atoms with Gasteiger partial charge in [-0.15, -0.1) is 0 Å². The molecule has 0 heterocycles. The number of nitrogens with zero attached hydrogens (tertiary/aromatic N) is 1. The van der Waals surface area contributed by atoms with Crippen LogP contribution in [0.4, 0.5) is 0 Å². The molecule has 62 valence electrons. The van der Waals surface area contributed by atoms with Crippen LogP contribution < -0.4 is 16.4 Å². The maximum absolute atomic E-state index is 10.7. The fourth-order valence-corrected chi connectivity index (χ4v) is 0.505. The lowest BCUT2D eigenvalue weighted by Crippen LogP contribution is -2.36. The highest BCUT2D eigenvalue weighted by molar-refractivity contribution is 5.78. The van der Waals surface area contributed by atoms with Crippen LogP contribution in [0.5, 0.6) is 0 Å². The second-order valence-corrected chi connectivity index (χ2v) is 1.90. The first-order chi connectivity index (χ1) is 5.31. The van der Waals surface area contributed by atoms with Crippen LogP contribution in [0, 0.1) is 11.3 Å². The summed E-state index contributed by atoms with van der Waals surface area (Å²) in [6.07, 6.45) is 0. The zero-order chi connectivity index (χ0) is 8.53. The van der Waals surface area contributed by atoms with Crippen LogP contribution in [0.3, 0.4) is 0 Å². The van der Waals surface area contributed by atoms with Gasteiger partial charge in [0.1, 0.15) is 6.54 Å². The Morgan fingerprint density at radius 1 is 1.64 bits per heavy atom. The summed E-state index contributed by atoms with van der Waals surface area (Å²) in [7, 11) is 0. The summed E-state index contributed by atoms with van der Waals surface area (Å²) in [5, 5.41) is 13.3. The minimum absolute atomic E-state index is 0.0587. The minimum atomic E-state index is -0.181. The summed E-state index contributed by atoms with van der Waals surface area (Å²) >= 11 is 0. The Morgan fingerprint density at radius 3 is 2.91 bits per heavy atom.